The molecule has 1 heterocycles. The molecule has 70 valence electrons. The van der Waals surface area contributed by atoms with Crippen molar-refractivity contribution in [3.8, 4) is 0 Å². The van der Waals surface area contributed by atoms with E-state index >= 15 is 0 Å². The Balaban J connectivity index is 2.60. The molecule has 0 radical (unpaired) electrons. The fourth-order valence-corrected chi connectivity index (χ4v) is 1.61. The van der Waals surface area contributed by atoms with Crippen molar-refractivity contribution in [3.63, 3.8) is 0 Å². The largest absolute Gasteiger partial charge is 0.391 e. The van der Waals surface area contributed by atoms with Gasteiger partial charge in [0.25, 0.3) is 0 Å². The van der Waals surface area contributed by atoms with Crippen LogP contribution in [0, 0.1) is 0 Å². The summed E-state index contributed by atoms with van der Waals surface area (Å²) in [6.07, 6.45) is 2.27. The number of hydrogen-bond donors (Lipinski definition) is 2. The van der Waals surface area contributed by atoms with Crippen molar-refractivity contribution in [2.75, 3.05) is 6.54 Å². The first-order valence-electron chi connectivity index (χ1n) is 4.35. The molecule has 0 aromatic carbocycles. The second-order valence-corrected chi connectivity index (χ2v) is 3.42. The molecule has 1 aliphatic heterocycles. The maximum absolute atomic E-state index is 10.9. The lowest BCUT2D eigenvalue weighted by molar-refractivity contribution is 0.119. The molecule has 0 aromatic rings. The van der Waals surface area contributed by atoms with Gasteiger partial charge in [0.15, 0.2) is 0 Å². The summed E-state index contributed by atoms with van der Waals surface area (Å²) in [7, 11) is 0. The zero-order valence-corrected chi connectivity index (χ0v) is 7.36. The van der Waals surface area contributed by atoms with Gasteiger partial charge in [0.1, 0.15) is 0 Å². The van der Waals surface area contributed by atoms with E-state index in [-0.39, 0.29) is 6.04 Å². The van der Waals surface area contributed by atoms with E-state index in [1.165, 1.54) is 4.90 Å². The van der Waals surface area contributed by atoms with Gasteiger partial charge in [-0.05, 0) is 26.2 Å². The molecule has 1 saturated heterocycles. The zero-order valence-electron chi connectivity index (χ0n) is 7.36. The lowest BCUT2D eigenvalue weighted by Crippen LogP contribution is -2.44. The van der Waals surface area contributed by atoms with E-state index < -0.39 is 12.1 Å². The predicted molar refractivity (Wildman–Crippen MR) is 45.6 cm³/mol. The molecule has 2 atom stereocenters. The summed E-state index contributed by atoms with van der Waals surface area (Å²) >= 11 is 0. The number of likely N-dealkylation sites (tertiary alicyclic amines) is 1. The number of β-amino-alcohol motifs (C(OH)–C–C–N with tert-alkyl or cyclic N) is 1. The van der Waals surface area contributed by atoms with E-state index in [4.69, 9.17) is 5.73 Å². The van der Waals surface area contributed by atoms with Crippen LogP contribution in [0.15, 0.2) is 0 Å². The van der Waals surface area contributed by atoms with E-state index in [2.05, 4.69) is 0 Å². The number of nitrogens with zero attached hydrogens (tertiary/aromatic N) is 1. The highest BCUT2D eigenvalue weighted by atomic mass is 16.3. The summed E-state index contributed by atoms with van der Waals surface area (Å²) in [6, 6.07) is -0.261. The van der Waals surface area contributed by atoms with Crippen molar-refractivity contribution in [2.24, 2.45) is 5.73 Å². The zero-order chi connectivity index (χ0) is 9.14. The molecule has 12 heavy (non-hydrogen) atoms. The van der Waals surface area contributed by atoms with Crippen LogP contribution in [0.4, 0.5) is 4.79 Å². The first-order chi connectivity index (χ1) is 5.61. The first-order valence-corrected chi connectivity index (χ1v) is 4.35. The Hall–Kier alpha value is -0.770. The van der Waals surface area contributed by atoms with E-state index in [0.717, 1.165) is 19.3 Å². The predicted octanol–water partition coefficient (Wildman–Crippen LogP) is 0.300. The Labute approximate surface area is 72.3 Å². The Morgan fingerprint density at radius 1 is 1.58 bits per heavy atom. The quantitative estimate of drug-likeness (QED) is 0.552. The average molecular weight is 172 g/mol. The van der Waals surface area contributed by atoms with Crippen LogP contribution in [0.2, 0.25) is 0 Å². The number of carbonyl (C=O) groups excluding carboxylic acids is 1. The number of aliphatic hydroxyl groups excluding tert-OH is 1. The highest BCUT2D eigenvalue weighted by molar-refractivity contribution is 5.72. The molecule has 2 amide bonds. The van der Waals surface area contributed by atoms with Gasteiger partial charge in [-0.25, -0.2) is 4.79 Å². The van der Waals surface area contributed by atoms with Gasteiger partial charge in [-0.3, -0.25) is 0 Å². The molecule has 1 rings (SSSR count). The third-order valence-corrected chi connectivity index (χ3v) is 2.38. The van der Waals surface area contributed by atoms with Crippen molar-refractivity contribution in [2.45, 2.75) is 38.3 Å². The SMILES string of the molecule is C[C@@H]1CCC[C@H](O)CN1C(N)=O. The van der Waals surface area contributed by atoms with E-state index in [1.807, 2.05) is 6.92 Å². The highest BCUT2D eigenvalue weighted by Crippen LogP contribution is 2.16. The molecule has 0 spiro atoms. The number of urea groups is 1. The van der Waals surface area contributed by atoms with Crippen molar-refractivity contribution in [3.05, 3.63) is 0 Å². The van der Waals surface area contributed by atoms with Crippen LogP contribution < -0.4 is 5.73 Å². The highest BCUT2D eigenvalue weighted by Gasteiger charge is 2.23. The third kappa shape index (κ3) is 2.11. The van der Waals surface area contributed by atoms with Gasteiger partial charge in [0.2, 0.25) is 0 Å². The second-order valence-electron chi connectivity index (χ2n) is 3.42. The van der Waals surface area contributed by atoms with Crippen LogP contribution in [-0.2, 0) is 0 Å². The Morgan fingerprint density at radius 3 is 2.83 bits per heavy atom. The van der Waals surface area contributed by atoms with Crippen LogP contribution in [0.25, 0.3) is 0 Å². The smallest absolute Gasteiger partial charge is 0.315 e. The van der Waals surface area contributed by atoms with Gasteiger partial charge in [-0.15, -0.1) is 0 Å². The number of nitrogens with two attached hydrogens (primary N) is 1. The van der Waals surface area contributed by atoms with Crippen molar-refractivity contribution in [1.82, 2.24) is 4.90 Å². The number of hydrogen-bond acceptors (Lipinski definition) is 2. The first kappa shape index (κ1) is 9.32. The fourth-order valence-electron chi connectivity index (χ4n) is 1.61. The van der Waals surface area contributed by atoms with Crippen LogP contribution in [0.1, 0.15) is 26.2 Å². The molecular formula is C8H16N2O2. The average Bonchev–Trinajstić information content (AvgIpc) is 2.13. The van der Waals surface area contributed by atoms with Crippen molar-refractivity contribution in [1.29, 1.82) is 0 Å². The molecular weight excluding hydrogens is 156 g/mol. The molecule has 4 heteroatoms. The second kappa shape index (κ2) is 3.76. The van der Waals surface area contributed by atoms with E-state index in [1.54, 1.807) is 0 Å². The number of rotatable bonds is 0. The molecule has 1 aliphatic rings. The lowest BCUT2D eigenvalue weighted by Gasteiger charge is -2.25. The van der Waals surface area contributed by atoms with E-state index in [9.17, 15) is 9.90 Å². The van der Waals surface area contributed by atoms with Gasteiger partial charge in [0.05, 0.1) is 6.10 Å². The number of primary amides is 1. The van der Waals surface area contributed by atoms with Gasteiger partial charge in [-0.1, -0.05) is 0 Å². The fraction of sp³-hybridized carbons (Fsp3) is 0.875. The molecule has 0 aromatic heterocycles. The number of aliphatic hydroxyl groups is 1. The number of carbonyl (C=O) groups is 1. The minimum Gasteiger partial charge on any atom is -0.391 e. The van der Waals surface area contributed by atoms with E-state index in [0.29, 0.717) is 6.54 Å². The van der Waals surface area contributed by atoms with Gasteiger partial charge >= 0.3 is 6.03 Å². The molecule has 4 nitrogen and oxygen atoms in total. The van der Waals surface area contributed by atoms with Gasteiger partial charge in [0, 0.05) is 12.6 Å². The Morgan fingerprint density at radius 2 is 2.25 bits per heavy atom. The van der Waals surface area contributed by atoms with Crippen molar-refractivity contribution >= 4 is 6.03 Å². The Kier molecular flexibility index (Phi) is 2.92. The molecule has 0 unspecified atom stereocenters. The standard InChI is InChI=1S/C8H16N2O2/c1-6-3-2-4-7(11)5-10(6)8(9)12/h6-7,11H,2-5H2,1H3,(H2,9,12)/t6-,7+/m1/s1. The minimum absolute atomic E-state index is 0.166. The molecule has 0 aliphatic carbocycles. The summed E-state index contributed by atoms with van der Waals surface area (Å²) < 4.78 is 0. The summed E-state index contributed by atoms with van der Waals surface area (Å²) in [6.45, 7) is 2.35. The molecule has 0 saturated carbocycles. The lowest BCUT2D eigenvalue weighted by atomic mass is 10.1. The van der Waals surface area contributed by atoms with Crippen LogP contribution in [0.3, 0.4) is 0 Å². The molecule has 1 fully saturated rings. The number of amides is 2. The summed E-state index contributed by atoms with van der Waals surface area (Å²) in [5.41, 5.74) is 5.17. The van der Waals surface area contributed by atoms with Gasteiger partial charge in [-0.2, -0.15) is 0 Å². The summed E-state index contributed by atoms with van der Waals surface area (Å²) in [4.78, 5) is 12.4. The minimum atomic E-state index is -0.427. The molecule has 3 N–H and O–H groups in total. The summed E-state index contributed by atoms with van der Waals surface area (Å²) in [5.74, 6) is 0. The monoisotopic (exact) mass is 172 g/mol. The van der Waals surface area contributed by atoms with Gasteiger partial charge < -0.3 is 15.7 Å². The normalized spacial score (nSPS) is 31.3. The topological polar surface area (TPSA) is 66.6 Å². The van der Waals surface area contributed by atoms with Crippen LogP contribution in [0.5, 0.6) is 0 Å². The molecule has 0 bridgehead atoms. The van der Waals surface area contributed by atoms with Crippen molar-refractivity contribution < 1.29 is 9.90 Å². The maximum Gasteiger partial charge on any atom is 0.315 e. The maximum atomic E-state index is 10.9. The Bertz CT molecular complexity index is 172. The van der Waals surface area contributed by atoms with Crippen LogP contribution >= 0.6 is 0 Å². The summed E-state index contributed by atoms with van der Waals surface area (Å²) in [5, 5.41) is 9.38. The van der Waals surface area contributed by atoms with Crippen LogP contribution in [-0.4, -0.2) is 34.7 Å². The third-order valence-electron chi connectivity index (χ3n) is 2.38.